The molecule has 10 atom stereocenters. The molecule has 3 aromatic rings. The van der Waals surface area contributed by atoms with E-state index in [1.165, 1.54) is 13.0 Å². The Morgan fingerprint density at radius 1 is 0.857 bits per heavy atom. The predicted octanol–water partition coefficient (Wildman–Crippen LogP) is -2.00. The number of benzene rings is 2. The van der Waals surface area contributed by atoms with Crippen LogP contribution in [0.3, 0.4) is 0 Å². The summed E-state index contributed by atoms with van der Waals surface area (Å²) < 4.78 is 22.8. The van der Waals surface area contributed by atoms with Gasteiger partial charge in [-0.15, -0.1) is 0 Å². The van der Waals surface area contributed by atoms with Gasteiger partial charge in [-0.3, -0.25) is 4.79 Å². The zero-order valence-corrected chi connectivity index (χ0v) is 21.9. The number of aliphatic hydroxyl groups excluding tert-OH is 7. The van der Waals surface area contributed by atoms with E-state index in [9.17, 15) is 55.9 Å². The van der Waals surface area contributed by atoms with E-state index in [1.54, 1.807) is 0 Å². The van der Waals surface area contributed by atoms with Gasteiger partial charge in [-0.05, 0) is 24.6 Å². The quantitative estimate of drug-likeness (QED) is 0.143. The van der Waals surface area contributed by atoms with Crippen molar-refractivity contribution in [1.82, 2.24) is 0 Å². The standard InChI is InChI=1S/C27H30O15/c1-9-19(32)23(36)25(38)27(41-9,26-24(37)22(35)21(34)17(7-28)40-26)42-11-5-15(31)18-16(6-11)39-8-12(20(18)33)10-2-3-13(29)14(30)4-10/h2-6,8-9,17,19,21-26,28-32,34-38H,7H2,1H3. The lowest BCUT2D eigenvalue weighted by molar-refractivity contribution is -0.392. The molecule has 42 heavy (non-hydrogen) atoms. The number of aliphatic hydroxyl groups is 7. The van der Waals surface area contributed by atoms with Gasteiger partial charge < -0.3 is 69.7 Å². The first-order chi connectivity index (χ1) is 19.8. The third kappa shape index (κ3) is 4.74. The molecule has 2 saturated heterocycles. The highest BCUT2D eigenvalue weighted by molar-refractivity contribution is 5.88. The molecule has 0 saturated carbocycles. The Morgan fingerprint density at radius 2 is 1.57 bits per heavy atom. The summed E-state index contributed by atoms with van der Waals surface area (Å²) in [5.74, 6) is -4.57. The minimum atomic E-state index is -2.63. The van der Waals surface area contributed by atoms with E-state index in [1.807, 2.05) is 0 Å². The fraction of sp³-hybridized carbons (Fsp3) is 0.444. The minimum absolute atomic E-state index is 0.0727. The molecule has 0 bridgehead atoms. The molecule has 2 aliphatic heterocycles. The van der Waals surface area contributed by atoms with E-state index >= 15 is 0 Å². The van der Waals surface area contributed by atoms with Crippen LogP contribution in [0.5, 0.6) is 23.0 Å². The number of phenols is 3. The second kappa shape index (κ2) is 11.0. The maximum absolute atomic E-state index is 13.3. The van der Waals surface area contributed by atoms with Gasteiger partial charge in [0.25, 0.3) is 5.79 Å². The summed E-state index contributed by atoms with van der Waals surface area (Å²) in [5, 5.41) is 103. The van der Waals surface area contributed by atoms with Gasteiger partial charge in [-0.1, -0.05) is 6.07 Å². The second-order valence-electron chi connectivity index (χ2n) is 10.3. The molecular formula is C27H30O15. The second-order valence-corrected chi connectivity index (χ2v) is 10.3. The highest BCUT2D eigenvalue weighted by Crippen LogP contribution is 2.42. The molecule has 10 N–H and O–H groups in total. The van der Waals surface area contributed by atoms with Crippen molar-refractivity contribution in [2.24, 2.45) is 0 Å². The van der Waals surface area contributed by atoms with Crippen molar-refractivity contribution in [3.05, 3.63) is 46.8 Å². The molecule has 0 spiro atoms. The first-order valence-electron chi connectivity index (χ1n) is 12.8. The van der Waals surface area contributed by atoms with Crippen LogP contribution in [0.1, 0.15) is 6.92 Å². The summed E-state index contributed by atoms with van der Waals surface area (Å²) in [6.45, 7) is 0.471. The molecule has 2 aliphatic rings. The van der Waals surface area contributed by atoms with Crippen molar-refractivity contribution in [1.29, 1.82) is 0 Å². The topological polar surface area (TPSA) is 260 Å². The molecule has 5 rings (SSSR count). The molecule has 2 aromatic carbocycles. The maximum atomic E-state index is 13.3. The summed E-state index contributed by atoms with van der Waals surface area (Å²) in [6.07, 6.45) is -15.1. The Hall–Kier alpha value is -3.51. The average molecular weight is 595 g/mol. The molecule has 15 heteroatoms. The van der Waals surface area contributed by atoms with Gasteiger partial charge in [0, 0.05) is 12.1 Å². The zero-order chi connectivity index (χ0) is 30.7. The predicted molar refractivity (Wildman–Crippen MR) is 139 cm³/mol. The van der Waals surface area contributed by atoms with Crippen molar-refractivity contribution < 1.29 is 69.7 Å². The maximum Gasteiger partial charge on any atom is 0.268 e. The van der Waals surface area contributed by atoms with E-state index in [4.69, 9.17) is 18.6 Å². The monoisotopic (exact) mass is 594 g/mol. The third-order valence-electron chi connectivity index (χ3n) is 7.62. The van der Waals surface area contributed by atoms with Gasteiger partial charge in [0.15, 0.2) is 23.7 Å². The SMILES string of the molecule is CC1OC(Oc2cc(O)c3c(=O)c(-c4ccc(O)c(O)c4)coc3c2)(C2OC(CO)C(O)C(O)C2O)C(O)C(O)C1O. The van der Waals surface area contributed by atoms with Crippen LogP contribution in [0, 0.1) is 0 Å². The van der Waals surface area contributed by atoms with E-state index in [0.29, 0.717) is 0 Å². The summed E-state index contributed by atoms with van der Waals surface area (Å²) >= 11 is 0. The van der Waals surface area contributed by atoms with Crippen molar-refractivity contribution in [3.8, 4) is 34.1 Å². The molecule has 0 radical (unpaired) electrons. The van der Waals surface area contributed by atoms with Crippen molar-refractivity contribution in [2.45, 2.75) is 67.6 Å². The van der Waals surface area contributed by atoms with Gasteiger partial charge in [0.2, 0.25) is 5.43 Å². The van der Waals surface area contributed by atoms with Crippen molar-refractivity contribution in [2.75, 3.05) is 6.61 Å². The van der Waals surface area contributed by atoms with Gasteiger partial charge in [-0.25, -0.2) is 0 Å². The zero-order valence-electron chi connectivity index (χ0n) is 21.9. The number of hydrogen-bond acceptors (Lipinski definition) is 15. The van der Waals surface area contributed by atoms with Crippen LogP contribution in [0.15, 0.2) is 45.8 Å². The number of ether oxygens (including phenoxy) is 3. The molecule has 0 aliphatic carbocycles. The van der Waals surface area contributed by atoms with Gasteiger partial charge in [0.1, 0.15) is 65.4 Å². The summed E-state index contributed by atoms with van der Waals surface area (Å²) in [7, 11) is 0. The van der Waals surface area contributed by atoms with Crippen LogP contribution in [0.4, 0.5) is 0 Å². The number of rotatable bonds is 5. The van der Waals surface area contributed by atoms with Crippen molar-refractivity contribution in [3.63, 3.8) is 0 Å². The first kappa shape index (κ1) is 30.0. The molecular weight excluding hydrogens is 564 g/mol. The van der Waals surface area contributed by atoms with E-state index in [0.717, 1.165) is 30.5 Å². The highest BCUT2D eigenvalue weighted by Gasteiger charge is 2.64. The van der Waals surface area contributed by atoms with Gasteiger partial charge in [-0.2, -0.15) is 0 Å². The fourth-order valence-electron chi connectivity index (χ4n) is 5.29. The molecule has 10 unspecified atom stereocenters. The Kier molecular flexibility index (Phi) is 7.82. The lowest BCUT2D eigenvalue weighted by Gasteiger charge is -2.54. The number of phenolic OH excluding ortho intramolecular Hbond substituents is 3. The Labute approximate surface area is 236 Å². The lowest BCUT2D eigenvalue weighted by atomic mass is 9.83. The number of fused-ring (bicyclic) bond motifs is 1. The van der Waals surface area contributed by atoms with Crippen LogP contribution < -0.4 is 10.2 Å². The summed E-state index contributed by atoms with van der Waals surface area (Å²) in [5.41, 5.74) is -0.862. The summed E-state index contributed by atoms with van der Waals surface area (Å²) in [4.78, 5) is 13.3. The molecule has 0 amide bonds. The number of aromatic hydroxyl groups is 3. The number of hydrogen-bond donors (Lipinski definition) is 10. The largest absolute Gasteiger partial charge is 0.507 e. The van der Waals surface area contributed by atoms with E-state index < -0.39 is 90.0 Å². The van der Waals surface area contributed by atoms with Gasteiger partial charge >= 0.3 is 0 Å². The van der Waals surface area contributed by atoms with Gasteiger partial charge in [0.05, 0.1) is 18.3 Å². The Morgan fingerprint density at radius 3 is 2.24 bits per heavy atom. The molecule has 1 aromatic heterocycles. The fourth-order valence-corrected chi connectivity index (χ4v) is 5.29. The van der Waals surface area contributed by atoms with Crippen LogP contribution in [-0.2, 0) is 9.47 Å². The van der Waals surface area contributed by atoms with Crippen LogP contribution in [0.25, 0.3) is 22.1 Å². The minimum Gasteiger partial charge on any atom is -0.507 e. The molecule has 15 nitrogen and oxygen atoms in total. The lowest BCUT2D eigenvalue weighted by Crippen LogP contribution is -2.76. The van der Waals surface area contributed by atoms with E-state index in [2.05, 4.69) is 0 Å². The normalized spacial score (nSPS) is 35.3. The smallest absolute Gasteiger partial charge is 0.268 e. The Bertz CT molecular complexity index is 1520. The molecule has 228 valence electrons. The van der Waals surface area contributed by atoms with Crippen molar-refractivity contribution >= 4 is 11.0 Å². The summed E-state index contributed by atoms with van der Waals surface area (Å²) in [6, 6.07) is 5.66. The Balaban J connectivity index is 1.61. The average Bonchev–Trinajstić information content (AvgIpc) is 2.95. The first-order valence-corrected chi connectivity index (χ1v) is 12.8. The molecule has 2 fully saturated rings. The third-order valence-corrected chi connectivity index (χ3v) is 7.62. The molecule has 3 heterocycles. The van der Waals surface area contributed by atoms with Crippen LogP contribution >= 0.6 is 0 Å². The van der Waals surface area contributed by atoms with E-state index in [-0.39, 0.29) is 27.8 Å². The van der Waals surface area contributed by atoms with Crippen LogP contribution in [-0.4, -0.2) is 118 Å². The highest BCUT2D eigenvalue weighted by atomic mass is 16.7. The van der Waals surface area contributed by atoms with Crippen LogP contribution in [0.2, 0.25) is 0 Å².